The van der Waals surface area contributed by atoms with Crippen molar-refractivity contribution in [3.8, 4) is 37.7 Å². The Hall–Kier alpha value is -6.62. The predicted molar refractivity (Wildman–Crippen MR) is 208 cm³/mol. The standard InChI is InChI=1S/C42H18F4N6O2S3/c1-41(2)20-10-27(51-33-29(15(12-47)13-48)16-6-22(43)24(45)8-18(16)35(33)53)55-37(20)39-31(41)32-40(57-39)38-21(42(32,3)4)11-28(56-38)52-34-30(26(14-49)50-5)17-7-23(44)25(46)9-19(17)36(34)54/h6-11H,1-4H3. The largest absolute Gasteiger partial charge is 0.287 e. The first-order chi connectivity index (χ1) is 27.1. The van der Waals surface area contributed by atoms with E-state index in [0.717, 1.165) is 66.0 Å². The molecule has 0 aliphatic heterocycles. The molecule has 9 rings (SSSR count). The molecule has 0 atom stereocenters. The Morgan fingerprint density at radius 3 is 1.42 bits per heavy atom. The van der Waals surface area contributed by atoms with E-state index in [1.54, 1.807) is 29.5 Å². The molecule has 0 saturated carbocycles. The summed E-state index contributed by atoms with van der Waals surface area (Å²) in [5.74, 6) is -6.41. The number of Topliss-reactive ketones (excluding diaryl/α,β-unsaturated/α-hetero) is 2. The lowest BCUT2D eigenvalue weighted by molar-refractivity contribution is 0.106. The van der Waals surface area contributed by atoms with Crippen LogP contribution in [0.5, 0.6) is 0 Å². The molecule has 0 unspecified atom stereocenters. The lowest BCUT2D eigenvalue weighted by atomic mass is 9.74. The molecule has 3 heterocycles. The molecule has 0 amide bonds. The van der Waals surface area contributed by atoms with E-state index in [1.807, 2.05) is 12.1 Å². The van der Waals surface area contributed by atoms with Gasteiger partial charge < -0.3 is 0 Å². The van der Waals surface area contributed by atoms with E-state index in [0.29, 0.717) is 10.0 Å². The van der Waals surface area contributed by atoms with Crippen LogP contribution in [0, 0.1) is 63.8 Å². The number of rotatable bonds is 2. The maximum atomic E-state index is 14.3. The van der Waals surface area contributed by atoms with Gasteiger partial charge in [-0.3, -0.25) is 9.59 Å². The molecule has 3 aromatic heterocycles. The molecule has 57 heavy (non-hydrogen) atoms. The molecule has 0 saturated heterocycles. The van der Waals surface area contributed by atoms with Gasteiger partial charge in [-0.25, -0.2) is 37.7 Å². The van der Waals surface area contributed by atoms with Crippen molar-refractivity contribution in [1.29, 1.82) is 15.8 Å². The number of ketones is 2. The highest BCUT2D eigenvalue weighted by Crippen LogP contribution is 2.67. The van der Waals surface area contributed by atoms with Crippen molar-refractivity contribution in [1.82, 2.24) is 0 Å². The number of halogens is 4. The van der Waals surface area contributed by atoms with Gasteiger partial charge in [-0.1, -0.05) is 27.7 Å². The first-order valence-corrected chi connectivity index (χ1v) is 19.3. The molecule has 4 aliphatic carbocycles. The van der Waals surface area contributed by atoms with Crippen LogP contribution in [0.15, 0.2) is 57.7 Å². The van der Waals surface area contributed by atoms with Crippen molar-refractivity contribution in [2.75, 3.05) is 0 Å². The van der Waals surface area contributed by atoms with E-state index in [2.05, 4.69) is 42.5 Å². The van der Waals surface area contributed by atoms with E-state index < -0.39 is 56.9 Å². The molecule has 4 aliphatic rings. The Labute approximate surface area is 332 Å². The third-order valence-electron chi connectivity index (χ3n) is 10.8. The quantitative estimate of drug-likeness (QED) is 0.0994. The molecule has 5 aromatic rings. The summed E-state index contributed by atoms with van der Waals surface area (Å²) < 4.78 is 57.1. The van der Waals surface area contributed by atoms with Crippen LogP contribution in [-0.4, -0.2) is 23.0 Å². The zero-order valence-electron chi connectivity index (χ0n) is 29.7. The average molecular weight is 811 g/mol. The van der Waals surface area contributed by atoms with Crippen LogP contribution in [0.2, 0.25) is 0 Å². The SMILES string of the molecule is [C-]#[N+]C(C#N)=C1C(=Nc2cc3c(s2)-c2sc4c(c2C3(C)C)C(C)(C)c2cc(N=C3C(=O)c5cc(F)c(F)cc5C3=C(C#N)C#N)sc2-4)C(=O)c2cc(F)c(F)cc21. The third kappa shape index (κ3) is 4.71. The van der Waals surface area contributed by atoms with Crippen molar-refractivity contribution in [2.45, 2.75) is 38.5 Å². The predicted octanol–water partition coefficient (Wildman–Crippen LogP) is 10.9. The minimum atomic E-state index is -1.24. The summed E-state index contributed by atoms with van der Waals surface area (Å²) in [6.45, 7) is 15.9. The fourth-order valence-electron chi connectivity index (χ4n) is 8.17. The van der Waals surface area contributed by atoms with Gasteiger partial charge in [0.05, 0.1) is 22.4 Å². The first kappa shape index (κ1) is 36.0. The number of allylic oxidation sites excluding steroid dienone is 4. The van der Waals surface area contributed by atoms with E-state index in [9.17, 15) is 42.9 Å². The summed E-state index contributed by atoms with van der Waals surface area (Å²) in [7, 11) is 0. The van der Waals surface area contributed by atoms with Crippen LogP contribution in [-0.2, 0) is 10.8 Å². The molecule has 2 aromatic carbocycles. The Morgan fingerprint density at radius 2 is 1.02 bits per heavy atom. The average Bonchev–Trinajstić information content (AvgIpc) is 4.02. The summed E-state index contributed by atoms with van der Waals surface area (Å²) in [6.07, 6.45) is 0. The zero-order chi connectivity index (χ0) is 40.6. The number of nitrogens with zero attached hydrogens (tertiary/aromatic N) is 6. The van der Waals surface area contributed by atoms with Crippen molar-refractivity contribution < 1.29 is 27.2 Å². The first-order valence-electron chi connectivity index (χ1n) is 16.9. The Balaban J connectivity index is 1.15. The molecule has 0 radical (unpaired) electrons. The van der Waals surface area contributed by atoms with E-state index in [-0.39, 0.29) is 44.8 Å². The highest BCUT2D eigenvalue weighted by molar-refractivity contribution is 7.29. The van der Waals surface area contributed by atoms with Gasteiger partial charge in [-0.05, 0) is 64.2 Å². The molecular weight excluding hydrogens is 793 g/mol. The fourth-order valence-corrected chi connectivity index (χ4v) is 12.5. The third-order valence-corrected chi connectivity index (χ3v) is 14.4. The molecular formula is C42H18F4N6O2S3. The summed E-state index contributed by atoms with van der Waals surface area (Å²) in [5.41, 5.74) is 0.753. The van der Waals surface area contributed by atoms with Gasteiger partial charge in [0.2, 0.25) is 11.6 Å². The smallest absolute Gasteiger partial charge is 0.271 e. The van der Waals surface area contributed by atoms with Crippen molar-refractivity contribution in [2.24, 2.45) is 9.98 Å². The topological polar surface area (TPSA) is 135 Å². The number of carbonyl (C=O) groups is 2. The van der Waals surface area contributed by atoms with Crippen LogP contribution in [0.3, 0.4) is 0 Å². The molecule has 0 N–H and O–H groups in total. The van der Waals surface area contributed by atoms with Crippen molar-refractivity contribution in [3.63, 3.8) is 0 Å². The second-order valence-corrected chi connectivity index (χ2v) is 17.6. The minimum Gasteiger partial charge on any atom is -0.287 e. The molecule has 8 nitrogen and oxygen atoms in total. The number of fused-ring (bicyclic) bond motifs is 9. The van der Waals surface area contributed by atoms with E-state index >= 15 is 0 Å². The molecule has 0 fully saturated rings. The summed E-state index contributed by atoms with van der Waals surface area (Å²) >= 11 is 4.18. The second kappa shape index (κ2) is 11.9. The zero-order valence-corrected chi connectivity index (χ0v) is 32.1. The van der Waals surface area contributed by atoms with Gasteiger partial charge in [-0.2, -0.15) is 10.5 Å². The second-order valence-electron chi connectivity index (χ2n) is 14.5. The number of benzene rings is 2. The molecule has 0 bridgehead atoms. The van der Waals surface area contributed by atoms with Crippen LogP contribution in [0.25, 0.3) is 35.5 Å². The van der Waals surface area contributed by atoms with Crippen molar-refractivity contribution >= 4 is 78.1 Å². The van der Waals surface area contributed by atoms with Gasteiger partial charge in [0.25, 0.3) is 5.70 Å². The molecule has 0 spiro atoms. The summed E-state index contributed by atoms with van der Waals surface area (Å²) in [5, 5.41) is 29.9. The normalized spacial score (nSPS) is 18.4. The van der Waals surface area contributed by atoms with Crippen molar-refractivity contribution in [3.05, 3.63) is 127 Å². The van der Waals surface area contributed by atoms with Gasteiger partial charge in [0.15, 0.2) is 23.3 Å². The Morgan fingerprint density at radius 1 is 0.614 bits per heavy atom. The number of hydrogen-bond acceptors (Lipinski definition) is 10. The highest BCUT2D eigenvalue weighted by atomic mass is 32.1. The maximum Gasteiger partial charge on any atom is 0.271 e. The maximum absolute atomic E-state index is 14.3. The van der Waals surface area contributed by atoms with Crippen LogP contribution >= 0.6 is 34.0 Å². The Kier molecular flexibility index (Phi) is 7.55. The monoisotopic (exact) mass is 810 g/mol. The van der Waals surface area contributed by atoms with Gasteiger partial charge in [-0.15, -0.1) is 34.0 Å². The molecule has 15 heteroatoms. The van der Waals surface area contributed by atoms with E-state index in [1.165, 1.54) is 22.7 Å². The highest BCUT2D eigenvalue weighted by Gasteiger charge is 2.50. The van der Waals surface area contributed by atoms with Gasteiger partial charge >= 0.3 is 0 Å². The molecule has 274 valence electrons. The number of carbonyl (C=O) groups excluding carboxylic acids is 2. The minimum absolute atomic E-state index is 0.0717. The number of thiophene rings is 3. The van der Waals surface area contributed by atoms with Crippen LogP contribution < -0.4 is 0 Å². The van der Waals surface area contributed by atoms with Gasteiger partial charge in [0.1, 0.15) is 39.1 Å². The number of nitriles is 3. The number of hydrogen-bond donors (Lipinski definition) is 0. The summed E-state index contributed by atoms with van der Waals surface area (Å²) in [6, 6.07) is 12.1. The van der Waals surface area contributed by atoms with Crippen LogP contribution in [0.4, 0.5) is 27.6 Å². The lowest BCUT2D eigenvalue weighted by Crippen LogP contribution is -2.22. The summed E-state index contributed by atoms with van der Waals surface area (Å²) in [4.78, 5) is 43.3. The van der Waals surface area contributed by atoms with Gasteiger partial charge in [0, 0.05) is 48.4 Å². The van der Waals surface area contributed by atoms with Crippen LogP contribution in [0.1, 0.15) is 81.8 Å². The Bertz CT molecular complexity index is 2920. The fraction of sp³-hybridized carbons (Fsp3) is 0.143. The number of aliphatic imine (C=N–C) groups is 2. The lowest BCUT2D eigenvalue weighted by Gasteiger charge is -2.28. The van der Waals surface area contributed by atoms with E-state index in [4.69, 9.17) is 6.57 Å².